The van der Waals surface area contributed by atoms with Gasteiger partial charge in [-0.05, 0) is 49.1 Å². The van der Waals surface area contributed by atoms with E-state index >= 15 is 0 Å². The summed E-state index contributed by atoms with van der Waals surface area (Å²) in [5.41, 5.74) is 0.0852. The number of halogens is 3. The van der Waals surface area contributed by atoms with Gasteiger partial charge in [0.25, 0.3) is 5.91 Å². The van der Waals surface area contributed by atoms with Gasteiger partial charge in [-0.15, -0.1) is 0 Å². The molecule has 4 atom stereocenters. The Morgan fingerprint density at radius 3 is 2.58 bits per heavy atom. The summed E-state index contributed by atoms with van der Waals surface area (Å²) in [5.74, 6) is 1.43. The van der Waals surface area contributed by atoms with Crippen LogP contribution in [0.25, 0.3) is 5.69 Å². The van der Waals surface area contributed by atoms with Crippen molar-refractivity contribution in [1.29, 1.82) is 0 Å². The molecule has 5 rings (SSSR count). The Morgan fingerprint density at radius 1 is 1.06 bits per heavy atom. The summed E-state index contributed by atoms with van der Waals surface area (Å²) in [5, 5.41) is 14.5. The maximum atomic E-state index is 12.9. The van der Waals surface area contributed by atoms with Crippen molar-refractivity contribution in [3.63, 3.8) is 0 Å². The summed E-state index contributed by atoms with van der Waals surface area (Å²) >= 11 is 0. The third-order valence-electron chi connectivity index (χ3n) is 6.33. The molecule has 1 amide bonds. The number of amides is 1. The highest BCUT2D eigenvalue weighted by atomic mass is 19.4. The molecular formula is C22H22F3N7O. The number of carbonyl (C=O) groups excluding carboxylic acids is 1. The fourth-order valence-corrected chi connectivity index (χ4v) is 4.68. The largest absolute Gasteiger partial charge is 0.434 e. The predicted molar refractivity (Wildman–Crippen MR) is 112 cm³/mol. The van der Waals surface area contributed by atoms with Gasteiger partial charge in [0.2, 0.25) is 0 Å². The third kappa shape index (κ3) is 4.67. The molecule has 2 aromatic heterocycles. The van der Waals surface area contributed by atoms with Crippen molar-refractivity contribution < 1.29 is 18.0 Å². The van der Waals surface area contributed by atoms with Gasteiger partial charge >= 0.3 is 6.18 Å². The minimum Gasteiger partial charge on any atom is -0.366 e. The molecule has 4 unspecified atom stereocenters. The molecule has 0 spiro atoms. The first-order valence-corrected chi connectivity index (χ1v) is 10.8. The average Bonchev–Trinajstić information content (AvgIpc) is 3.39. The number of benzene rings is 1. The number of hydrogen-bond acceptors (Lipinski definition) is 6. The van der Waals surface area contributed by atoms with Crippen LogP contribution < -0.4 is 10.6 Å². The number of carbonyl (C=O) groups is 1. The molecule has 1 aromatic carbocycles. The maximum Gasteiger partial charge on any atom is 0.434 e. The van der Waals surface area contributed by atoms with Crippen LogP contribution in [0.5, 0.6) is 0 Å². The van der Waals surface area contributed by atoms with Crippen molar-refractivity contribution in [3.05, 3.63) is 60.3 Å². The van der Waals surface area contributed by atoms with Crippen LogP contribution in [-0.2, 0) is 6.18 Å². The van der Waals surface area contributed by atoms with Crippen molar-refractivity contribution in [2.45, 2.75) is 31.5 Å². The Bertz CT molecular complexity index is 1120. The SMILES string of the molecule is O=C(NCC1CC2CC2C(Nc2cnc(C(F)(F)F)cn2)C1)c1ccccc1-n1nccn1. The lowest BCUT2D eigenvalue weighted by molar-refractivity contribution is -0.141. The molecule has 2 aliphatic carbocycles. The van der Waals surface area contributed by atoms with E-state index in [0.717, 1.165) is 31.7 Å². The summed E-state index contributed by atoms with van der Waals surface area (Å²) < 4.78 is 38.1. The molecule has 8 nitrogen and oxygen atoms in total. The smallest absolute Gasteiger partial charge is 0.366 e. The Balaban J connectivity index is 1.20. The highest BCUT2D eigenvalue weighted by Gasteiger charge is 2.48. The molecule has 2 aliphatic rings. The molecule has 2 fully saturated rings. The molecule has 172 valence electrons. The normalized spacial score (nSPS) is 24.1. The Labute approximate surface area is 187 Å². The zero-order chi connectivity index (χ0) is 23.0. The van der Waals surface area contributed by atoms with E-state index in [1.165, 1.54) is 4.80 Å². The monoisotopic (exact) mass is 457 g/mol. The van der Waals surface area contributed by atoms with E-state index in [1.807, 2.05) is 6.07 Å². The number of para-hydroxylation sites is 1. The Hall–Kier alpha value is -3.50. The molecule has 0 bridgehead atoms. The van der Waals surface area contributed by atoms with E-state index < -0.39 is 11.9 Å². The van der Waals surface area contributed by atoms with Gasteiger partial charge in [0.1, 0.15) is 5.82 Å². The van der Waals surface area contributed by atoms with Gasteiger partial charge in [0.05, 0.1) is 36.0 Å². The summed E-state index contributed by atoms with van der Waals surface area (Å²) in [6, 6.07) is 7.23. The first-order valence-electron chi connectivity index (χ1n) is 10.8. The number of fused-ring (bicyclic) bond motifs is 1. The lowest BCUT2D eigenvalue weighted by Crippen LogP contribution is -2.37. The Kier molecular flexibility index (Phi) is 5.47. The first kappa shape index (κ1) is 21.4. The van der Waals surface area contributed by atoms with Crippen LogP contribution in [0.2, 0.25) is 0 Å². The second-order valence-corrected chi connectivity index (χ2v) is 8.58. The van der Waals surface area contributed by atoms with Crippen molar-refractivity contribution in [2.24, 2.45) is 17.8 Å². The van der Waals surface area contributed by atoms with E-state index in [9.17, 15) is 18.0 Å². The van der Waals surface area contributed by atoms with Crippen LogP contribution in [0.3, 0.4) is 0 Å². The lowest BCUT2D eigenvalue weighted by Gasteiger charge is -2.30. The van der Waals surface area contributed by atoms with Gasteiger partial charge in [0.15, 0.2) is 5.69 Å². The van der Waals surface area contributed by atoms with Crippen LogP contribution >= 0.6 is 0 Å². The fraction of sp³-hybridized carbons (Fsp3) is 0.409. The fourth-order valence-electron chi connectivity index (χ4n) is 4.68. The molecule has 2 N–H and O–H groups in total. The van der Waals surface area contributed by atoms with Gasteiger partial charge < -0.3 is 10.6 Å². The third-order valence-corrected chi connectivity index (χ3v) is 6.33. The Morgan fingerprint density at radius 2 is 1.85 bits per heavy atom. The number of anilines is 1. The van der Waals surface area contributed by atoms with Gasteiger partial charge in [0, 0.05) is 12.6 Å². The second-order valence-electron chi connectivity index (χ2n) is 8.58. The number of hydrogen-bond donors (Lipinski definition) is 2. The van der Waals surface area contributed by atoms with Crippen molar-refractivity contribution in [3.8, 4) is 5.69 Å². The van der Waals surface area contributed by atoms with Crippen LogP contribution in [0.1, 0.15) is 35.3 Å². The van der Waals surface area contributed by atoms with Crippen LogP contribution in [0, 0.1) is 17.8 Å². The van der Waals surface area contributed by atoms with Crippen molar-refractivity contribution >= 4 is 11.7 Å². The maximum absolute atomic E-state index is 12.9. The summed E-state index contributed by atoms with van der Waals surface area (Å²) in [7, 11) is 0. The zero-order valence-corrected chi connectivity index (χ0v) is 17.5. The van der Waals surface area contributed by atoms with Gasteiger partial charge in [-0.1, -0.05) is 12.1 Å². The molecule has 2 saturated carbocycles. The van der Waals surface area contributed by atoms with Gasteiger partial charge in [-0.3, -0.25) is 4.79 Å². The topological polar surface area (TPSA) is 97.6 Å². The van der Waals surface area contributed by atoms with Crippen molar-refractivity contribution in [1.82, 2.24) is 30.3 Å². The van der Waals surface area contributed by atoms with E-state index in [1.54, 1.807) is 30.6 Å². The zero-order valence-electron chi connectivity index (χ0n) is 17.5. The molecule has 0 saturated heterocycles. The molecule has 2 heterocycles. The van der Waals surface area contributed by atoms with Crippen LogP contribution in [0.4, 0.5) is 19.0 Å². The highest BCUT2D eigenvalue weighted by molar-refractivity contribution is 5.97. The van der Waals surface area contributed by atoms with E-state index in [-0.39, 0.29) is 17.9 Å². The number of rotatable bonds is 6. The number of alkyl halides is 3. The van der Waals surface area contributed by atoms with E-state index in [2.05, 4.69) is 30.8 Å². The number of aromatic nitrogens is 5. The molecule has 0 aliphatic heterocycles. The standard InChI is InChI=1S/C22H22F3N7O/c23-22(24,25)19-11-27-20(12-26-19)31-17-8-13(7-14-9-16(14)17)10-28-21(33)15-3-1-2-4-18(15)32-29-5-6-30-32/h1-6,11-14,16-17H,7-10H2,(H,27,31)(H,28,33). The van der Waals surface area contributed by atoms with Gasteiger partial charge in [-0.25, -0.2) is 9.97 Å². The quantitative estimate of drug-likeness (QED) is 0.589. The van der Waals surface area contributed by atoms with E-state index in [0.29, 0.717) is 35.4 Å². The highest BCUT2D eigenvalue weighted by Crippen LogP contribution is 2.52. The average molecular weight is 457 g/mol. The predicted octanol–water partition coefficient (Wildman–Crippen LogP) is 3.33. The molecule has 0 radical (unpaired) electrons. The van der Waals surface area contributed by atoms with Crippen molar-refractivity contribution in [2.75, 3.05) is 11.9 Å². The number of nitrogens with one attached hydrogen (secondary N) is 2. The summed E-state index contributed by atoms with van der Waals surface area (Å²) in [6.45, 7) is 0.514. The molecule has 11 heteroatoms. The summed E-state index contributed by atoms with van der Waals surface area (Å²) in [4.78, 5) is 21.7. The minimum absolute atomic E-state index is 0.0947. The lowest BCUT2D eigenvalue weighted by atomic mass is 9.85. The number of nitrogens with zero attached hydrogens (tertiary/aromatic N) is 5. The first-order chi connectivity index (χ1) is 15.9. The molecular weight excluding hydrogens is 435 g/mol. The van der Waals surface area contributed by atoms with Crippen LogP contribution in [0.15, 0.2) is 49.1 Å². The molecule has 3 aromatic rings. The second kappa shape index (κ2) is 8.45. The molecule has 33 heavy (non-hydrogen) atoms. The van der Waals surface area contributed by atoms with E-state index in [4.69, 9.17) is 0 Å². The van der Waals surface area contributed by atoms with Gasteiger partial charge in [-0.2, -0.15) is 28.2 Å². The van der Waals surface area contributed by atoms with Crippen LogP contribution in [-0.4, -0.2) is 43.5 Å². The minimum atomic E-state index is -4.51. The summed E-state index contributed by atoms with van der Waals surface area (Å²) in [6.07, 6.45) is 3.37.